The summed E-state index contributed by atoms with van der Waals surface area (Å²) in [5.41, 5.74) is 5.83. The molecule has 0 aliphatic rings. The predicted molar refractivity (Wildman–Crippen MR) is 59.5 cm³/mol. The summed E-state index contributed by atoms with van der Waals surface area (Å²) in [4.78, 5) is 15.4. The van der Waals surface area contributed by atoms with Gasteiger partial charge >= 0.3 is 0 Å². The van der Waals surface area contributed by atoms with Crippen LogP contribution in [-0.2, 0) is 0 Å². The molecule has 0 atom stereocenters. The Bertz CT molecular complexity index is 287. The minimum Gasteiger partial charge on any atom is -0.351 e. The van der Waals surface area contributed by atoms with Gasteiger partial charge in [-0.05, 0) is 31.5 Å². The van der Waals surface area contributed by atoms with E-state index in [9.17, 15) is 4.79 Å². The quantitative estimate of drug-likeness (QED) is 0.682. The summed E-state index contributed by atoms with van der Waals surface area (Å²) in [6.07, 6.45) is 4.65. The Morgan fingerprint density at radius 3 is 2.87 bits per heavy atom. The highest BCUT2D eigenvalue weighted by molar-refractivity contribution is 5.92. The molecule has 0 aliphatic carbocycles. The van der Waals surface area contributed by atoms with Crippen molar-refractivity contribution < 1.29 is 4.79 Å². The van der Waals surface area contributed by atoms with Crippen LogP contribution >= 0.6 is 0 Å². The van der Waals surface area contributed by atoms with Crippen LogP contribution in [0.1, 0.15) is 29.8 Å². The molecule has 0 saturated carbocycles. The van der Waals surface area contributed by atoms with Crippen LogP contribution in [0, 0.1) is 0 Å². The molecule has 1 rings (SSSR count). The van der Waals surface area contributed by atoms with Gasteiger partial charge in [0, 0.05) is 12.7 Å². The molecule has 4 heteroatoms. The summed E-state index contributed by atoms with van der Waals surface area (Å²) in [5, 5.41) is 2.82. The zero-order chi connectivity index (χ0) is 10.9. The van der Waals surface area contributed by atoms with Crippen LogP contribution in [0.3, 0.4) is 0 Å². The van der Waals surface area contributed by atoms with Crippen LogP contribution in [0.2, 0.25) is 0 Å². The lowest BCUT2D eigenvalue weighted by Crippen LogP contribution is -2.25. The molecule has 0 fully saturated rings. The number of carbonyl (C=O) groups is 1. The summed E-state index contributed by atoms with van der Waals surface area (Å²) < 4.78 is 0. The molecule has 1 heterocycles. The third kappa shape index (κ3) is 4.56. The van der Waals surface area contributed by atoms with Gasteiger partial charge in [-0.2, -0.15) is 0 Å². The number of unbranched alkanes of at least 4 members (excludes halogenated alkanes) is 2. The minimum atomic E-state index is -0.108. The second-order valence-electron chi connectivity index (χ2n) is 3.32. The molecule has 0 bridgehead atoms. The molecule has 3 N–H and O–H groups in total. The topological polar surface area (TPSA) is 68.0 Å². The molecule has 0 aromatic carbocycles. The summed E-state index contributed by atoms with van der Waals surface area (Å²) in [6.45, 7) is 1.41. The molecule has 0 radical (unpaired) electrons. The van der Waals surface area contributed by atoms with E-state index in [1.54, 1.807) is 24.4 Å². The molecular formula is C11H17N3O. The highest BCUT2D eigenvalue weighted by atomic mass is 16.1. The normalized spacial score (nSPS) is 9.93. The van der Waals surface area contributed by atoms with Crippen molar-refractivity contribution in [2.75, 3.05) is 13.1 Å². The largest absolute Gasteiger partial charge is 0.351 e. The van der Waals surface area contributed by atoms with Crippen LogP contribution in [0.25, 0.3) is 0 Å². The first-order valence-electron chi connectivity index (χ1n) is 5.24. The Morgan fingerprint density at radius 2 is 2.20 bits per heavy atom. The maximum atomic E-state index is 11.5. The van der Waals surface area contributed by atoms with E-state index >= 15 is 0 Å². The van der Waals surface area contributed by atoms with Crippen molar-refractivity contribution in [1.82, 2.24) is 10.3 Å². The van der Waals surface area contributed by atoms with Gasteiger partial charge in [0.15, 0.2) is 0 Å². The molecule has 0 spiro atoms. The van der Waals surface area contributed by atoms with Gasteiger partial charge in [-0.15, -0.1) is 0 Å². The number of hydrogen-bond acceptors (Lipinski definition) is 3. The van der Waals surface area contributed by atoms with E-state index in [0.29, 0.717) is 18.8 Å². The number of pyridine rings is 1. The lowest BCUT2D eigenvalue weighted by atomic mass is 10.2. The molecule has 82 valence electrons. The molecule has 1 amide bonds. The van der Waals surface area contributed by atoms with E-state index in [0.717, 1.165) is 19.3 Å². The van der Waals surface area contributed by atoms with Crippen LogP contribution < -0.4 is 11.1 Å². The zero-order valence-electron chi connectivity index (χ0n) is 8.78. The number of amides is 1. The first-order chi connectivity index (χ1) is 7.34. The molecule has 1 aromatic heterocycles. The number of rotatable bonds is 6. The van der Waals surface area contributed by atoms with Crippen molar-refractivity contribution in [1.29, 1.82) is 0 Å². The number of nitrogens with one attached hydrogen (secondary N) is 1. The highest BCUT2D eigenvalue weighted by Crippen LogP contribution is 1.94. The first kappa shape index (κ1) is 11.7. The van der Waals surface area contributed by atoms with Crippen molar-refractivity contribution in [3.8, 4) is 0 Å². The summed E-state index contributed by atoms with van der Waals surface area (Å²) >= 11 is 0. The van der Waals surface area contributed by atoms with Crippen molar-refractivity contribution in [3.63, 3.8) is 0 Å². The number of carbonyl (C=O) groups excluding carboxylic acids is 1. The smallest absolute Gasteiger partial charge is 0.269 e. The van der Waals surface area contributed by atoms with Gasteiger partial charge < -0.3 is 11.1 Å². The van der Waals surface area contributed by atoms with Gasteiger partial charge in [0.25, 0.3) is 5.91 Å². The lowest BCUT2D eigenvalue weighted by Gasteiger charge is -2.03. The van der Waals surface area contributed by atoms with E-state index in [4.69, 9.17) is 5.73 Å². The average molecular weight is 207 g/mol. The summed E-state index contributed by atoms with van der Waals surface area (Å²) in [5.74, 6) is -0.108. The molecule has 0 saturated heterocycles. The zero-order valence-corrected chi connectivity index (χ0v) is 8.78. The third-order valence-corrected chi connectivity index (χ3v) is 2.06. The second-order valence-corrected chi connectivity index (χ2v) is 3.32. The van der Waals surface area contributed by atoms with E-state index in [-0.39, 0.29) is 5.91 Å². The third-order valence-electron chi connectivity index (χ3n) is 2.06. The Kier molecular flexibility index (Phi) is 5.40. The Balaban J connectivity index is 2.20. The molecule has 15 heavy (non-hydrogen) atoms. The standard InChI is InChI=1S/C11H17N3O/c12-7-3-1-4-9-14-11(15)10-6-2-5-8-13-10/h2,5-6,8H,1,3-4,7,9,12H2,(H,14,15). The summed E-state index contributed by atoms with van der Waals surface area (Å²) in [7, 11) is 0. The van der Waals surface area contributed by atoms with E-state index in [1.807, 2.05) is 0 Å². The Morgan fingerprint density at radius 1 is 1.33 bits per heavy atom. The molecular weight excluding hydrogens is 190 g/mol. The van der Waals surface area contributed by atoms with E-state index in [1.165, 1.54) is 0 Å². The van der Waals surface area contributed by atoms with Crippen molar-refractivity contribution >= 4 is 5.91 Å². The Labute approximate surface area is 89.9 Å². The maximum absolute atomic E-state index is 11.5. The highest BCUT2D eigenvalue weighted by Gasteiger charge is 2.03. The lowest BCUT2D eigenvalue weighted by molar-refractivity contribution is 0.0948. The molecule has 0 aliphatic heterocycles. The molecule has 1 aromatic rings. The second kappa shape index (κ2) is 6.95. The van der Waals surface area contributed by atoms with Crippen molar-refractivity contribution in [3.05, 3.63) is 30.1 Å². The number of nitrogens with zero attached hydrogens (tertiary/aromatic N) is 1. The van der Waals surface area contributed by atoms with Gasteiger partial charge in [0.05, 0.1) is 0 Å². The van der Waals surface area contributed by atoms with Gasteiger partial charge in [-0.25, -0.2) is 0 Å². The fourth-order valence-corrected chi connectivity index (χ4v) is 1.24. The fraction of sp³-hybridized carbons (Fsp3) is 0.455. The Hall–Kier alpha value is -1.42. The van der Waals surface area contributed by atoms with Crippen LogP contribution in [-0.4, -0.2) is 24.0 Å². The van der Waals surface area contributed by atoms with Gasteiger partial charge in [-0.3, -0.25) is 9.78 Å². The van der Waals surface area contributed by atoms with Crippen LogP contribution in [0.5, 0.6) is 0 Å². The monoisotopic (exact) mass is 207 g/mol. The average Bonchev–Trinajstić information content (AvgIpc) is 2.30. The van der Waals surface area contributed by atoms with Crippen molar-refractivity contribution in [2.24, 2.45) is 5.73 Å². The maximum Gasteiger partial charge on any atom is 0.269 e. The number of aromatic nitrogens is 1. The van der Waals surface area contributed by atoms with E-state index in [2.05, 4.69) is 10.3 Å². The predicted octanol–water partition coefficient (Wildman–Crippen LogP) is 0.940. The van der Waals surface area contributed by atoms with Gasteiger partial charge in [-0.1, -0.05) is 12.5 Å². The molecule has 0 unspecified atom stereocenters. The van der Waals surface area contributed by atoms with Crippen molar-refractivity contribution in [2.45, 2.75) is 19.3 Å². The fourth-order valence-electron chi connectivity index (χ4n) is 1.24. The number of hydrogen-bond donors (Lipinski definition) is 2. The number of nitrogens with two attached hydrogens (primary N) is 1. The van der Waals surface area contributed by atoms with Gasteiger partial charge in [0.2, 0.25) is 0 Å². The first-order valence-corrected chi connectivity index (χ1v) is 5.24. The molecule has 4 nitrogen and oxygen atoms in total. The summed E-state index contributed by atoms with van der Waals surface area (Å²) in [6, 6.07) is 5.30. The van der Waals surface area contributed by atoms with Crippen LogP contribution in [0.4, 0.5) is 0 Å². The van der Waals surface area contributed by atoms with E-state index < -0.39 is 0 Å². The van der Waals surface area contributed by atoms with Gasteiger partial charge in [0.1, 0.15) is 5.69 Å². The minimum absolute atomic E-state index is 0.108. The van der Waals surface area contributed by atoms with Crippen LogP contribution in [0.15, 0.2) is 24.4 Å². The SMILES string of the molecule is NCCCCCNC(=O)c1ccccn1.